The molecular weight excluding hydrogens is 128 g/mol. The average molecular weight is 140 g/mol. The molecule has 50 valence electrons. The van der Waals surface area contributed by atoms with Crippen LogP contribution in [0, 0.1) is 0 Å². The van der Waals surface area contributed by atoms with Gasteiger partial charge in [-0.25, -0.2) is 0 Å². The van der Waals surface area contributed by atoms with Gasteiger partial charge >= 0.3 is 0 Å². The molecule has 1 heteroatoms. The van der Waals surface area contributed by atoms with Crippen LogP contribution in [0.15, 0.2) is 23.8 Å². The number of rotatable bonds is 1. The average Bonchev–Trinajstić information content (AvgIpc) is 1.88. The van der Waals surface area contributed by atoms with Crippen molar-refractivity contribution in [2.75, 3.05) is 6.26 Å². The van der Waals surface area contributed by atoms with Crippen molar-refractivity contribution in [1.82, 2.24) is 0 Å². The molecule has 1 rings (SSSR count). The van der Waals surface area contributed by atoms with Gasteiger partial charge in [0.25, 0.3) is 0 Å². The van der Waals surface area contributed by atoms with Crippen LogP contribution in [0.5, 0.6) is 0 Å². The molecule has 9 heavy (non-hydrogen) atoms. The lowest BCUT2D eigenvalue weighted by Gasteiger charge is -2.10. The molecule has 0 aromatic carbocycles. The summed E-state index contributed by atoms with van der Waals surface area (Å²) in [4.78, 5) is 0. The van der Waals surface area contributed by atoms with E-state index in [1.54, 1.807) is 0 Å². The SMILES string of the molecule is CSC1C=C(C)C=CC1. The highest BCUT2D eigenvalue weighted by Crippen LogP contribution is 2.19. The van der Waals surface area contributed by atoms with Crippen molar-refractivity contribution in [1.29, 1.82) is 0 Å². The summed E-state index contributed by atoms with van der Waals surface area (Å²) in [6.45, 7) is 2.15. The predicted molar refractivity (Wildman–Crippen MR) is 44.8 cm³/mol. The van der Waals surface area contributed by atoms with Crippen LogP contribution in [-0.2, 0) is 0 Å². The first-order chi connectivity index (χ1) is 4.33. The van der Waals surface area contributed by atoms with Gasteiger partial charge < -0.3 is 0 Å². The third-order valence-corrected chi connectivity index (χ3v) is 2.43. The van der Waals surface area contributed by atoms with Crippen LogP contribution in [0.1, 0.15) is 13.3 Å². The monoisotopic (exact) mass is 140 g/mol. The standard InChI is InChI=1S/C8H12S/c1-7-4-3-5-8(6-7)9-2/h3-4,6,8H,5H2,1-2H3. The van der Waals surface area contributed by atoms with Crippen LogP contribution in [0.25, 0.3) is 0 Å². The van der Waals surface area contributed by atoms with E-state index in [9.17, 15) is 0 Å². The zero-order chi connectivity index (χ0) is 6.69. The lowest BCUT2D eigenvalue weighted by Crippen LogP contribution is -1.99. The number of thioether (sulfide) groups is 1. The van der Waals surface area contributed by atoms with Gasteiger partial charge in [-0.2, -0.15) is 11.8 Å². The van der Waals surface area contributed by atoms with Gasteiger partial charge in [0.2, 0.25) is 0 Å². The van der Waals surface area contributed by atoms with Gasteiger partial charge in [0.15, 0.2) is 0 Å². The Balaban J connectivity index is 2.55. The maximum Gasteiger partial charge on any atom is 0.0264 e. The fraction of sp³-hybridized carbons (Fsp3) is 0.500. The Labute approximate surface area is 61.0 Å². The fourth-order valence-electron chi connectivity index (χ4n) is 0.969. The molecule has 1 aliphatic rings. The topological polar surface area (TPSA) is 0 Å². The fourth-order valence-corrected chi connectivity index (χ4v) is 1.62. The van der Waals surface area contributed by atoms with E-state index < -0.39 is 0 Å². The third kappa shape index (κ3) is 1.90. The van der Waals surface area contributed by atoms with E-state index in [1.807, 2.05) is 11.8 Å². The Kier molecular flexibility index (Phi) is 2.40. The van der Waals surface area contributed by atoms with Crippen molar-refractivity contribution in [2.45, 2.75) is 18.6 Å². The molecule has 0 bridgehead atoms. The van der Waals surface area contributed by atoms with Gasteiger partial charge in [-0.05, 0) is 19.6 Å². The van der Waals surface area contributed by atoms with Crippen molar-refractivity contribution in [3.05, 3.63) is 23.8 Å². The van der Waals surface area contributed by atoms with Crippen LogP contribution < -0.4 is 0 Å². The van der Waals surface area contributed by atoms with E-state index >= 15 is 0 Å². The van der Waals surface area contributed by atoms with Crippen molar-refractivity contribution in [2.24, 2.45) is 0 Å². The molecule has 0 N–H and O–H groups in total. The van der Waals surface area contributed by atoms with Crippen molar-refractivity contribution >= 4 is 11.8 Å². The molecule has 0 saturated carbocycles. The number of allylic oxidation sites excluding steroid dienone is 3. The van der Waals surface area contributed by atoms with Crippen LogP contribution >= 0.6 is 11.8 Å². The Morgan fingerprint density at radius 2 is 2.44 bits per heavy atom. The summed E-state index contributed by atoms with van der Waals surface area (Å²) in [6.07, 6.45) is 10.1. The van der Waals surface area contributed by atoms with Gasteiger partial charge in [-0.1, -0.05) is 23.8 Å². The molecule has 0 aliphatic heterocycles. The van der Waals surface area contributed by atoms with Gasteiger partial charge in [-0.3, -0.25) is 0 Å². The smallest absolute Gasteiger partial charge is 0.0264 e. The Morgan fingerprint density at radius 1 is 1.67 bits per heavy atom. The predicted octanol–water partition coefficient (Wildman–Crippen LogP) is 2.62. The van der Waals surface area contributed by atoms with E-state index in [-0.39, 0.29) is 0 Å². The molecule has 0 aromatic rings. The lowest BCUT2D eigenvalue weighted by atomic mass is 10.1. The minimum absolute atomic E-state index is 0.731. The maximum absolute atomic E-state index is 2.32. The Hall–Kier alpha value is -0.170. The van der Waals surface area contributed by atoms with Crippen LogP contribution in [-0.4, -0.2) is 11.5 Å². The maximum atomic E-state index is 2.32. The van der Waals surface area contributed by atoms with Crippen molar-refractivity contribution in [3.63, 3.8) is 0 Å². The Morgan fingerprint density at radius 3 is 2.89 bits per heavy atom. The van der Waals surface area contributed by atoms with Gasteiger partial charge in [0.05, 0.1) is 0 Å². The molecule has 0 nitrogen and oxygen atoms in total. The van der Waals surface area contributed by atoms with E-state index in [0.29, 0.717) is 0 Å². The minimum Gasteiger partial charge on any atom is -0.157 e. The van der Waals surface area contributed by atoms with Gasteiger partial charge in [0.1, 0.15) is 0 Å². The highest BCUT2D eigenvalue weighted by Gasteiger charge is 2.03. The highest BCUT2D eigenvalue weighted by molar-refractivity contribution is 7.99. The second kappa shape index (κ2) is 3.11. The van der Waals surface area contributed by atoms with Crippen LogP contribution in [0.3, 0.4) is 0 Å². The summed E-state index contributed by atoms with van der Waals surface area (Å²) in [5, 5.41) is 0.731. The van der Waals surface area contributed by atoms with Gasteiger partial charge in [-0.15, -0.1) is 0 Å². The molecule has 1 unspecified atom stereocenters. The van der Waals surface area contributed by atoms with Crippen LogP contribution in [0.4, 0.5) is 0 Å². The molecule has 1 atom stereocenters. The zero-order valence-electron chi connectivity index (χ0n) is 5.92. The summed E-state index contributed by atoms with van der Waals surface area (Å²) in [7, 11) is 0. The van der Waals surface area contributed by atoms with E-state index in [2.05, 4.69) is 31.4 Å². The number of hydrogen-bond acceptors (Lipinski definition) is 1. The molecule has 1 aliphatic carbocycles. The minimum atomic E-state index is 0.731. The normalized spacial score (nSPS) is 26.0. The molecule has 0 amide bonds. The summed E-state index contributed by atoms with van der Waals surface area (Å²) in [5.74, 6) is 0. The molecule has 0 saturated heterocycles. The first-order valence-electron chi connectivity index (χ1n) is 3.20. The first-order valence-corrected chi connectivity index (χ1v) is 4.49. The summed E-state index contributed by atoms with van der Waals surface area (Å²) >= 11 is 1.92. The van der Waals surface area contributed by atoms with Crippen molar-refractivity contribution in [3.8, 4) is 0 Å². The highest BCUT2D eigenvalue weighted by atomic mass is 32.2. The number of hydrogen-bond donors (Lipinski definition) is 0. The Bertz CT molecular complexity index is 145. The molecular formula is C8H12S. The zero-order valence-corrected chi connectivity index (χ0v) is 6.74. The quantitative estimate of drug-likeness (QED) is 0.539. The molecule has 0 aromatic heterocycles. The van der Waals surface area contributed by atoms with E-state index in [4.69, 9.17) is 0 Å². The lowest BCUT2D eigenvalue weighted by molar-refractivity contribution is 1.04. The second-order valence-corrected chi connectivity index (χ2v) is 3.40. The van der Waals surface area contributed by atoms with Gasteiger partial charge in [0, 0.05) is 5.25 Å². The summed E-state index contributed by atoms with van der Waals surface area (Å²) in [6, 6.07) is 0. The van der Waals surface area contributed by atoms with Crippen molar-refractivity contribution < 1.29 is 0 Å². The first kappa shape index (κ1) is 6.94. The molecule has 0 heterocycles. The van der Waals surface area contributed by atoms with E-state index in [0.717, 1.165) is 5.25 Å². The second-order valence-electron chi connectivity index (χ2n) is 2.32. The molecule has 0 fully saturated rings. The summed E-state index contributed by atoms with van der Waals surface area (Å²) < 4.78 is 0. The van der Waals surface area contributed by atoms with Crippen LogP contribution in [0.2, 0.25) is 0 Å². The molecule has 0 radical (unpaired) electrons. The molecule has 0 spiro atoms. The summed E-state index contributed by atoms with van der Waals surface area (Å²) in [5.41, 5.74) is 1.40. The third-order valence-electron chi connectivity index (χ3n) is 1.50. The largest absolute Gasteiger partial charge is 0.157 e. The van der Waals surface area contributed by atoms with E-state index in [1.165, 1.54) is 12.0 Å².